The summed E-state index contributed by atoms with van der Waals surface area (Å²) in [6.45, 7) is 8.50. The average Bonchev–Trinajstić information content (AvgIpc) is 2.70. The molecule has 3 nitrogen and oxygen atoms in total. The topological polar surface area (TPSA) is 29.9 Å². The number of aryl methyl sites for hydroxylation is 1. The number of aromatic nitrogens is 2. The lowest BCUT2D eigenvalue weighted by Gasteiger charge is -2.13. The van der Waals surface area contributed by atoms with Gasteiger partial charge in [0, 0.05) is 25.0 Å². The summed E-state index contributed by atoms with van der Waals surface area (Å²) in [4.78, 5) is 4.34. The smallest absolute Gasteiger partial charge is 0.122 e. The van der Waals surface area contributed by atoms with Crippen LogP contribution < -0.4 is 5.32 Å². The molecule has 0 spiro atoms. The molecular formula is C12H23N3. The van der Waals surface area contributed by atoms with Gasteiger partial charge in [-0.05, 0) is 20.3 Å². The molecule has 0 fully saturated rings. The first-order valence-electron chi connectivity index (χ1n) is 6.01. The first-order chi connectivity index (χ1) is 7.27. The van der Waals surface area contributed by atoms with Crippen LogP contribution in [0.1, 0.15) is 45.9 Å². The molecule has 0 bridgehead atoms. The summed E-state index contributed by atoms with van der Waals surface area (Å²) in [7, 11) is 0. The highest BCUT2D eigenvalue weighted by Crippen LogP contribution is 2.02. The Morgan fingerprint density at radius 1 is 1.47 bits per heavy atom. The number of hydrogen-bond acceptors (Lipinski definition) is 2. The molecule has 0 saturated carbocycles. The van der Waals surface area contributed by atoms with Crippen LogP contribution in [0, 0.1) is 0 Å². The first-order valence-corrected chi connectivity index (χ1v) is 6.01. The van der Waals surface area contributed by atoms with Crippen molar-refractivity contribution < 1.29 is 0 Å². The number of unbranched alkanes of at least 4 members (excludes halogenated alkanes) is 1. The van der Waals surface area contributed by atoms with Gasteiger partial charge in [-0.25, -0.2) is 4.98 Å². The summed E-state index contributed by atoms with van der Waals surface area (Å²) in [6.07, 6.45) is 7.74. The summed E-state index contributed by atoms with van der Waals surface area (Å²) < 4.78 is 2.18. The van der Waals surface area contributed by atoms with Crippen molar-refractivity contribution in [2.45, 2.75) is 59.2 Å². The van der Waals surface area contributed by atoms with E-state index in [0.29, 0.717) is 6.04 Å². The van der Waals surface area contributed by atoms with Crippen molar-refractivity contribution in [2.75, 3.05) is 0 Å². The third-order valence-electron chi connectivity index (χ3n) is 2.74. The van der Waals surface area contributed by atoms with E-state index in [1.165, 1.54) is 19.3 Å². The highest BCUT2D eigenvalue weighted by Gasteiger charge is 2.04. The molecule has 1 atom stereocenters. The summed E-state index contributed by atoms with van der Waals surface area (Å²) in [5.41, 5.74) is 0. The highest BCUT2D eigenvalue weighted by molar-refractivity contribution is 4.91. The van der Waals surface area contributed by atoms with Crippen LogP contribution in [0.15, 0.2) is 12.4 Å². The summed E-state index contributed by atoms with van der Waals surface area (Å²) in [6, 6.07) is 0.590. The van der Waals surface area contributed by atoms with E-state index >= 15 is 0 Å². The lowest BCUT2D eigenvalue weighted by molar-refractivity contribution is 0.479. The zero-order chi connectivity index (χ0) is 11.1. The van der Waals surface area contributed by atoms with Crippen LogP contribution in [-0.2, 0) is 13.1 Å². The van der Waals surface area contributed by atoms with Gasteiger partial charge in [-0.1, -0.05) is 19.8 Å². The molecule has 0 aliphatic rings. The van der Waals surface area contributed by atoms with Gasteiger partial charge in [0.05, 0.1) is 6.54 Å². The summed E-state index contributed by atoms with van der Waals surface area (Å²) >= 11 is 0. The van der Waals surface area contributed by atoms with Gasteiger partial charge in [-0.3, -0.25) is 0 Å². The SMILES string of the molecule is CCCCC(C)NCc1nccn1CC. The monoisotopic (exact) mass is 209 g/mol. The quantitative estimate of drug-likeness (QED) is 0.748. The zero-order valence-corrected chi connectivity index (χ0v) is 10.2. The van der Waals surface area contributed by atoms with Crippen LogP contribution >= 0.6 is 0 Å². The second-order valence-corrected chi connectivity index (χ2v) is 4.05. The van der Waals surface area contributed by atoms with Gasteiger partial charge in [0.1, 0.15) is 5.82 Å². The fraction of sp³-hybridized carbons (Fsp3) is 0.750. The van der Waals surface area contributed by atoms with Gasteiger partial charge in [0.2, 0.25) is 0 Å². The Labute approximate surface area is 92.9 Å². The van der Waals surface area contributed by atoms with E-state index in [4.69, 9.17) is 0 Å². The minimum atomic E-state index is 0.590. The molecule has 3 heteroatoms. The van der Waals surface area contributed by atoms with Crippen LogP contribution in [0.3, 0.4) is 0 Å². The maximum absolute atomic E-state index is 4.34. The maximum Gasteiger partial charge on any atom is 0.122 e. The second-order valence-electron chi connectivity index (χ2n) is 4.05. The number of rotatable bonds is 7. The van der Waals surface area contributed by atoms with E-state index < -0.39 is 0 Å². The molecule has 0 amide bonds. The van der Waals surface area contributed by atoms with Crippen molar-refractivity contribution in [1.29, 1.82) is 0 Å². The van der Waals surface area contributed by atoms with E-state index in [9.17, 15) is 0 Å². The Morgan fingerprint density at radius 3 is 2.93 bits per heavy atom. The Bertz CT molecular complexity index is 268. The van der Waals surface area contributed by atoms with E-state index in [1.54, 1.807) is 0 Å². The van der Waals surface area contributed by atoms with E-state index in [2.05, 4.69) is 35.6 Å². The molecule has 1 rings (SSSR count). The van der Waals surface area contributed by atoms with Gasteiger partial charge in [0.15, 0.2) is 0 Å². The Hall–Kier alpha value is -0.830. The first kappa shape index (κ1) is 12.2. The molecular weight excluding hydrogens is 186 g/mol. The van der Waals surface area contributed by atoms with Gasteiger partial charge < -0.3 is 9.88 Å². The summed E-state index contributed by atoms with van der Waals surface area (Å²) in [5.74, 6) is 1.14. The lowest BCUT2D eigenvalue weighted by atomic mass is 10.1. The van der Waals surface area contributed by atoms with E-state index in [-0.39, 0.29) is 0 Å². The average molecular weight is 209 g/mol. The fourth-order valence-electron chi connectivity index (χ4n) is 1.67. The van der Waals surface area contributed by atoms with Crippen molar-refractivity contribution in [3.05, 3.63) is 18.2 Å². The largest absolute Gasteiger partial charge is 0.334 e. The molecule has 1 unspecified atom stereocenters. The Morgan fingerprint density at radius 2 is 2.27 bits per heavy atom. The van der Waals surface area contributed by atoms with Crippen LogP contribution in [-0.4, -0.2) is 15.6 Å². The van der Waals surface area contributed by atoms with Crippen LogP contribution in [0.5, 0.6) is 0 Å². The molecule has 15 heavy (non-hydrogen) atoms. The number of nitrogens with zero attached hydrogens (tertiary/aromatic N) is 2. The third-order valence-corrected chi connectivity index (χ3v) is 2.74. The van der Waals surface area contributed by atoms with Crippen LogP contribution in [0.2, 0.25) is 0 Å². The van der Waals surface area contributed by atoms with Gasteiger partial charge in [0.25, 0.3) is 0 Å². The van der Waals surface area contributed by atoms with Gasteiger partial charge in [-0.15, -0.1) is 0 Å². The fourth-order valence-corrected chi connectivity index (χ4v) is 1.67. The molecule has 0 aromatic carbocycles. The Balaban J connectivity index is 2.30. The van der Waals surface area contributed by atoms with Gasteiger partial charge >= 0.3 is 0 Å². The van der Waals surface area contributed by atoms with Crippen molar-refractivity contribution in [2.24, 2.45) is 0 Å². The standard InChI is InChI=1S/C12H23N3/c1-4-6-7-11(3)14-10-12-13-8-9-15(12)5-2/h8-9,11,14H,4-7,10H2,1-3H3. The van der Waals surface area contributed by atoms with Gasteiger partial charge in [-0.2, -0.15) is 0 Å². The zero-order valence-electron chi connectivity index (χ0n) is 10.2. The molecule has 1 aromatic rings. The number of hydrogen-bond donors (Lipinski definition) is 1. The molecule has 0 radical (unpaired) electrons. The molecule has 0 aliphatic carbocycles. The van der Waals surface area contributed by atoms with Crippen LogP contribution in [0.4, 0.5) is 0 Å². The predicted molar refractivity (Wildman–Crippen MR) is 63.7 cm³/mol. The molecule has 1 heterocycles. The molecule has 1 N–H and O–H groups in total. The van der Waals surface area contributed by atoms with Crippen molar-refractivity contribution >= 4 is 0 Å². The molecule has 0 aliphatic heterocycles. The van der Waals surface area contributed by atoms with Crippen molar-refractivity contribution in [1.82, 2.24) is 14.9 Å². The lowest BCUT2D eigenvalue weighted by Crippen LogP contribution is -2.26. The number of nitrogens with one attached hydrogen (secondary N) is 1. The minimum Gasteiger partial charge on any atom is -0.334 e. The minimum absolute atomic E-state index is 0.590. The second kappa shape index (κ2) is 6.62. The van der Waals surface area contributed by atoms with Crippen molar-refractivity contribution in [3.8, 4) is 0 Å². The number of imidazole rings is 1. The van der Waals surface area contributed by atoms with Crippen molar-refractivity contribution in [3.63, 3.8) is 0 Å². The normalized spacial score (nSPS) is 13.0. The van der Waals surface area contributed by atoms with E-state index in [1.807, 2.05) is 12.4 Å². The predicted octanol–water partition coefficient (Wildman–Crippen LogP) is 2.57. The highest BCUT2D eigenvalue weighted by atomic mass is 15.1. The molecule has 86 valence electrons. The third kappa shape index (κ3) is 4.04. The summed E-state index contributed by atoms with van der Waals surface area (Å²) in [5, 5.41) is 3.51. The molecule has 0 saturated heterocycles. The molecule has 1 aromatic heterocycles. The van der Waals surface area contributed by atoms with E-state index in [0.717, 1.165) is 18.9 Å². The van der Waals surface area contributed by atoms with Crippen LogP contribution in [0.25, 0.3) is 0 Å². The Kier molecular flexibility index (Phi) is 5.40. The maximum atomic E-state index is 4.34.